The van der Waals surface area contributed by atoms with Gasteiger partial charge in [0.25, 0.3) is 5.79 Å². The highest BCUT2D eigenvalue weighted by molar-refractivity contribution is 7.82. The third kappa shape index (κ3) is 13.2. The molecule has 50 heavy (non-hydrogen) atoms. The third-order valence-electron chi connectivity index (χ3n) is 5.72. The Morgan fingerprint density at radius 3 is 1.50 bits per heavy atom. The Balaban J connectivity index is 3.11. The molecule has 0 bridgehead atoms. The average molecular weight is 863 g/mol. The molecule has 2 aliphatic rings. The fourth-order valence-corrected chi connectivity index (χ4v) is 7.07. The summed E-state index contributed by atoms with van der Waals surface area (Å²) in [6.07, 6.45) is -23.1. The van der Waals surface area contributed by atoms with Gasteiger partial charge < -0.3 is 28.6 Å². The lowest BCUT2D eigenvalue weighted by Crippen LogP contribution is -2.64. The van der Waals surface area contributed by atoms with Gasteiger partial charge in [0.1, 0.15) is 30.5 Å². The normalized spacial score (nSPS) is 31.7. The van der Waals surface area contributed by atoms with Crippen molar-refractivity contribution in [1.82, 2.24) is 0 Å². The summed E-state index contributed by atoms with van der Waals surface area (Å²) < 4.78 is 238. The van der Waals surface area contributed by atoms with E-state index in [9.17, 15) is 83.5 Å². The van der Waals surface area contributed by atoms with Crippen molar-refractivity contribution in [3.8, 4) is 0 Å². The van der Waals surface area contributed by atoms with Crippen molar-refractivity contribution in [3.63, 3.8) is 0 Å². The number of rotatable bonds is 17. The van der Waals surface area contributed by atoms with Crippen molar-refractivity contribution in [3.05, 3.63) is 11.3 Å². The number of allylic oxidation sites excluding steroid dienone is 1. The van der Waals surface area contributed by atoms with Crippen LogP contribution in [0.4, 0.5) is 0 Å². The molecule has 296 valence electrons. The fourth-order valence-electron chi connectivity index (χ4n) is 4.28. The molecule has 9 atom stereocenters. The van der Waals surface area contributed by atoms with Gasteiger partial charge in [-0.05, 0) is 19.4 Å². The first-order valence-electron chi connectivity index (χ1n) is 12.1. The Hall–Kier alpha value is -1.40. The van der Waals surface area contributed by atoms with Gasteiger partial charge >= 0.3 is 62.4 Å². The van der Waals surface area contributed by atoms with Crippen molar-refractivity contribution in [2.24, 2.45) is 0 Å². The molecule has 0 aliphatic carbocycles. The Labute approximate surface area is 282 Å². The molecule has 2 saturated heterocycles. The monoisotopic (exact) mass is 862 g/mol. The number of hydrogen-bond donors (Lipinski definition) is 8. The smallest absolute Gasteiger partial charge is 0.394 e. The highest BCUT2D eigenvalue weighted by Gasteiger charge is 2.67. The van der Waals surface area contributed by atoms with Crippen LogP contribution in [-0.4, -0.2) is 156 Å². The molecule has 0 aromatic carbocycles. The van der Waals surface area contributed by atoms with E-state index >= 15 is 0 Å². The van der Waals surface area contributed by atoms with Crippen LogP contribution in [0.3, 0.4) is 0 Å². The van der Waals surface area contributed by atoms with Crippen LogP contribution in [0.5, 0.6) is 0 Å². The largest absolute Gasteiger partial charge is 0.446 e. The van der Waals surface area contributed by atoms with E-state index in [4.69, 9.17) is 18.8 Å². The van der Waals surface area contributed by atoms with E-state index < -0.39 is 142 Å². The van der Waals surface area contributed by atoms with Crippen LogP contribution in [0, 0.1) is 0 Å². The standard InChI is InChI=1S/C15H26O29S6/c1-5(2)12(43-49(30,31)32)15(13(44-50(33,34)35)9(40-46(21,22)23)7(38-15)4-36-45(18,19)20)39-14-11(42-48(27,28)29)10(41-47(24,25)26)8(17)6(3-16)37-14/h6-11,13-14,16-17H,3-4H2,1-2H3,(H,18,19,20)(H,21,22,23)(H,24,25,26)(H,27,28,29)(H,30,31,32)(H,33,34,35)/t6-,7-,8-,9-,10+,11-,13+,14-,15+/m1/s1. The first-order valence-corrected chi connectivity index (χ1v) is 20.3. The van der Waals surface area contributed by atoms with Crippen molar-refractivity contribution in [2.75, 3.05) is 13.2 Å². The Morgan fingerprint density at radius 2 is 1.10 bits per heavy atom. The number of ether oxygens (including phenoxy) is 3. The quantitative estimate of drug-likeness (QED) is 0.0501. The van der Waals surface area contributed by atoms with E-state index in [1.165, 1.54) is 0 Å². The van der Waals surface area contributed by atoms with Gasteiger partial charge in [0, 0.05) is 0 Å². The van der Waals surface area contributed by atoms with Crippen molar-refractivity contribution in [2.45, 2.75) is 68.7 Å². The molecule has 29 nitrogen and oxygen atoms in total. The predicted molar refractivity (Wildman–Crippen MR) is 145 cm³/mol. The molecular formula is C15H26O29S6. The van der Waals surface area contributed by atoms with E-state index in [0.717, 1.165) is 13.8 Å². The molecule has 0 saturated carbocycles. The zero-order valence-corrected chi connectivity index (χ0v) is 29.0. The predicted octanol–water partition coefficient (Wildman–Crippen LogP) is -5.14. The molecule has 2 heterocycles. The molecule has 8 N–H and O–H groups in total. The summed E-state index contributed by atoms with van der Waals surface area (Å²) in [5.74, 6) is -5.70. The van der Waals surface area contributed by atoms with Gasteiger partial charge in [-0.25, -0.2) is 20.9 Å². The van der Waals surface area contributed by atoms with E-state index in [-0.39, 0.29) is 0 Å². The minimum absolute atomic E-state index is 0.721. The Morgan fingerprint density at radius 1 is 0.640 bits per heavy atom. The SMILES string of the molecule is CC(C)=C(OS(=O)(=O)O)[C@@]1(O[C@H]2O[C@H](CO)[C@@H](O)[C@H](OS(=O)(=O)O)[C@H]2OS(=O)(=O)O)O[C@H](COS(=O)(=O)O)[C@@H](OS(=O)(=O)O)[C@@H]1OS(=O)(=O)O. The molecule has 2 fully saturated rings. The topological polar surface area (TPSA) is 450 Å². The molecule has 2 rings (SSSR count). The molecular weight excluding hydrogens is 837 g/mol. The van der Waals surface area contributed by atoms with Gasteiger partial charge in [0.15, 0.2) is 24.3 Å². The lowest BCUT2D eigenvalue weighted by molar-refractivity contribution is -0.365. The van der Waals surface area contributed by atoms with Crippen LogP contribution < -0.4 is 0 Å². The summed E-state index contributed by atoms with van der Waals surface area (Å²) in [7, 11) is -35.4. The zero-order chi connectivity index (χ0) is 39.1. The number of aliphatic hydroxyl groups is 2. The van der Waals surface area contributed by atoms with Gasteiger partial charge in [-0.3, -0.25) is 27.3 Å². The Kier molecular flexibility index (Phi) is 13.9. The summed E-state index contributed by atoms with van der Waals surface area (Å²) in [6.45, 7) is -1.67. The van der Waals surface area contributed by atoms with Crippen LogP contribution >= 0.6 is 0 Å². The lowest BCUT2D eigenvalue weighted by atomic mass is 9.98. The molecule has 0 unspecified atom stereocenters. The van der Waals surface area contributed by atoms with Crippen molar-refractivity contribution < 1.29 is 127 Å². The zero-order valence-electron chi connectivity index (χ0n) is 24.1. The van der Waals surface area contributed by atoms with Gasteiger partial charge in [-0.2, -0.15) is 50.5 Å². The minimum atomic E-state index is -6.12. The van der Waals surface area contributed by atoms with Gasteiger partial charge in [0.2, 0.25) is 0 Å². The van der Waals surface area contributed by atoms with Crippen LogP contribution in [-0.2, 0) is 102 Å². The number of hydrogen-bond acceptors (Lipinski definition) is 23. The number of aliphatic hydroxyl groups excluding tert-OH is 2. The molecule has 0 aromatic heterocycles. The summed E-state index contributed by atoms with van der Waals surface area (Å²) in [5, 5.41) is 20.2. The second kappa shape index (κ2) is 15.5. The molecule has 0 spiro atoms. The molecule has 0 aromatic rings. The maximum absolute atomic E-state index is 12.0. The highest BCUT2D eigenvalue weighted by atomic mass is 32.3. The maximum atomic E-state index is 12.0. The van der Waals surface area contributed by atoms with E-state index in [0.29, 0.717) is 0 Å². The average Bonchev–Trinajstić information content (AvgIpc) is 3.12. The highest BCUT2D eigenvalue weighted by Crippen LogP contribution is 2.47. The summed E-state index contributed by atoms with van der Waals surface area (Å²) >= 11 is 0. The maximum Gasteiger partial charge on any atom is 0.446 e. The van der Waals surface area contributed by atoms with Crippen molar-refractivity contribution in [1.29, 1.82) is 0 Å². The first kappa shape index (κ1) is 44.8. The first-order chi connectivity index (χ1) is 22.2. The van der Waals surface area contributed by atoms with Crippen LogP contribution in [0.15, 0.2) is 11.3 Å². The van der Waals surface area contributed by atoms with E-state index in [1.807, 2.05) is 0 Å². The molecule has 0 radical (unpaired) electrons. The lowest BCUT2D eigenvalue weighted by Gasteiger charge is -2.45. The van der Waals surface area contributed by atoms with Crippen LogP contribution in [0.2, 0.25) is 0 Å². The Bertz CT molecular complexity index is 1930. The minimum Gasteiger partial charge on any atom is -0.394 e. The fraction of sp³-hybridized carbons (Fsp3) is 0.867. The summed E-state index contributed by atoms with van der Waals surface area (Å²) in [6, 6.07) is 0. The molecule has 2 aliphatic heterocycles. The van der Waals surface area contributed by atoms with E-state index in [1.54, 1.807) is 0 Å². The summed E-state index contributed by atoms with van der Waals surface area (Å²) in [5.41, 5.74) is -0.721. The van der Waals surface area contributed by atoms with Gasteiger partial charge in [-0.15, -0.1) is 0 Å². The second-order valence-electron chi connectivity index (χ2n) is 9.62. The van der Waals surface area contributed by atoms with Crippen LogP contribution in [0.1, 0.15) is 13.8 Å². The summed E-state index contributed by atoms with van der Waals surface area (Å²) in [4.78, 5) is 0. The van der Waals surface area contributed by atoms with Gasteiger partial charge in [0.05, 0.1) is 13.2 Å². The van der Waals surface area contributed by atoms with Crippen molar-refractivity contribution >= 4 is 62.4 Å². The molecule has 35 heteroatoms. The third-order valence-corrected chi connectivity index (χ3v) is 8.38. The van der Waals surface area contributed by atoms with Crippen LogP contribution in [0.25, 0.3) is 0 Å². The molecule has 0 amide bonds. The second-order valence-corrected chi connectivity index (χ2v) is 15.9. The van der Waals surface area contributed by atoms with E-state index in [2.05, 4.69) is 25.1 Å². The van der Waals surface area contributed by atoms with Gasteiger partial charge in [-0.1, -0.05) is 0 Å².